The van der Waals surface area contributed by atoms with E-state index < -0.39 is 5.97 Å². The lowest BCUT2D eigenvalue weighted by Gasteiger charge is -2.13. The Labute approximate surface area is 138 Å². The molecule has 2 aromatic rings. The van der Waals surface area contributed by atoms with Crippen LogP contribution < -0.4 is 5.32 Å². The Hall–Kier alpha value is -2.34. The van der Waals surface area contributed by atoms with Crippen LogP contribution in [-0.2, 0) is 4.79 Å². The Kier molecular flexibility index (Phi) is 5.39. The first-order valence-corrected chi connectivity index (χ1v) is 7.51. The van der Waals surface area contributed by atoms with Gasteiger partial charge in [-0.25, -0.2) is 0 Å². The molecule has 2 N–H and O–H groups in total. The van der Waals surface area contributed by atoms with E-state index in [-0.39, 0.29) is 18.4 Å². The third-order valence-corrected chi connectivity index (χ3v) is 3.72. The second kappa shape index (κ2) is 7.28. The number of carbonyl (C=O) groups is 2. The number of amides is 1. The number of hydrogen-bond donors (Lipinski definition) is 2. The first-order chi connectivity index (χ1) is 10.9. The molecule has 0 aliphatic carbocycles. The zero-order valence-corrected chi connectivity index (χ0v) is 13.6. The predicted molar refractivity (Wildman–Crippen MR) is 85.5 cm³/mol. The van der Waals surface area contributed by atoms with Crippen molar-refractivity contribution in [2.24, 2.45) is 0 Å². The van der Waals surface area contributed by atoms with Gasteiger partial charge in [0.05, 0.1) is 5.02 Å². The van der Waals surface area contributed by atoms with Gasteiger partial charge in [0, 0.05) is 18.0 Å². The van der Waals surface area contributed by atoms with Gasteiger partial charge in [-0.2, -0.15) is 0 Å². The Morgan fingerprint density at radius 3 is 2.74 bits per heavy atom. The molecule has 0 radical (unpaired) electrons. The number of aliphatic carboxylic acids is 1. The van der Waals surface area contributed by atoms with Crippen LogP contribution in [0.4, 0.5) is 0 Å². The summed E-state index contributed by atoms with van der Waals surface area (Å²) in [5.41, 5.74) is 1.28. The number of aromatic nitrogens is 1. The first-order valence-electron chi connectivity index (χ1n) is 7.14. The van der Waals surface area contributed by atoms with E-state index in [0.717, 1.165) is 0 Å². The molecule has 0 aliphatic rings. The van der Waals surface area contributed by atoms with E-state index in [2.05, 4.69) is 10.5 Å². The van der Waals surface area contributed by atoms with Gasteiger partial charge in [0.15, 0.2) is 0 Å². The van der Waals surface area contributed by atoms with Gasteiger partial charge in [-0.3, -0.25) is 9.59 Å². The van der Waals surface area contributed by atoms with Crippen LogP contribution in [0, 0.1) is 6.92 Å². The van der Waals surface area contributed by atoms with E-state index >= 15 is 0 Å². The molecular weight excluding hydrogens is 320 g/mol. The Bertz CT molecular complexity index is 727. The summed E-state index contributed by atoms with van der Waals surface area (Å²) < 4.78 is 5.14. The van der Waals surface area contributed by atoms with Crippen molar-refractivity contribution < 1.29 is 19.2 Å². The number of carbonyl (C=O) groups excluding carboxylic acids is 1. The van der Waals surface area contributed by atoms with Crippen LogP contribution in [0.1, 0.15) is 35.9 Å². The van der Waals surface area contributed by atoms with Gasteiger partial charge in [0.1, 0.15) is 17.0 Å². The van der Waals surface area contributed by atoms with Gasteiger partial charge < -0.3 is 14.9 Å². The molecular formula is C16H17ClN2O4. The third-order valence-electron chi connectivity index (χ3n) is 3.39. The molecule has 1 amide bonds. The quantitative estimate of drug-likeness (QED) is 0.844. The fourth-order valence-corrected chi connectivity index (χ4v) is 2.41. The van der Waals surface area contributed by atoms with Gasteiger partial charge in [-0.05, 0) is 26.3 Å². The molecule has 0 fully saturated rings. The van der Waals surface area contributed by atoms with Crippen LogP contribution in [0.3, 0.4) is 0 Å². The standard InChI is InChI=1S/C16H17ClN2O4/c1-9(7-8-13(20)21)18-16(22)14-10(2)23-19-15(14)11-5-3-4-6-12(11)17/h3-6,9H,7-8H2,1-2H3,(H,18,22)(H,20,21). The van der Waals surface area contributed by atoms with Crippen molar-refractivity contribution in [2.75, 3.05) is 0 Å². The summed E-state index contributed by atoms with van der Waals surface area (Å²) in [7, 11) is 0. The third kappa shape index (κ3) is 4.10. The Balaban J connectivity index is 2.23. The maximum atomic E-state index is 12.5. The fraction of sp³-hybridized carbons (Fsp3) is 0.312. The number of nitrogens with zero attached hydrogens (tertiary/aromatic N) is 1. The predicted octanol–water partition coefficient (Wildman–Crippen LogP) is 3.29. The summed E-state index contributed by atoms with van der Waals surface area (Å²) in [6, 6.07) is 6.75. The number of halogens is 1. The average Bonchev–Trinajstić information content (AvgIpc) is 2.87. The highest BCUT2D eigenvalue weighted by atomic mass is 35.5. The van der Waals surface area contributed by atoms with E-state index in [1.807, 2.05) is 0 Å². The molecule has 6 nitrogen and oxygen atoms in total. The number of nitrogens with one attached hydrogen (secondary N) is 1. The summed E-state index contributed by atoms with van der Waals surface area (Å²) in [6.45, 7) is 3.39. The van der Waals surface area contributed by atoms with E-state index in [1.165, 1.54) is 0 Å². The molecule has 0 aliphatic heterocycles. The van der Waals surface area contributed by atoms with Crippen molar-refractivity contribution in [1.82, 2.24) is 10.5 Å². The van der Waals surface area contributed by atoms with E-state index in [1.54, 1.807) is 38.1 Å². The number of aryl methyl sites for hydroxylation is 1. The molecule has 7 heteroatoms. The molecule has 0 bridgehead atoms. The first kappa shape index (κ1) is 17.0. The van der Waals surface area contributed by atoms with Gasteiger partial charge in [-0.1, -0.05) is 35.0 Å². The summed E-state index contributed by atoms with van der Waals surface area (Å²) in [4.78, 5) is 23.1. The van der Waals surface area contributed by atoms with Crippen LogP contribution in [0.5, 0.6) is 0 Å². The van der Waals surface area contributed by atoms with E-state index in [4.69, 9.17) is 21.2 Å². The lowest BCUT2D eigenvalue weighted by atomic mass is 10.0. The van der Waals surface area contributed by atoms with Crippen LogP contribution >= 0.6 is 11.6 Å². The number of rotatable bonds is 6. The zero-order valence-electron chi connectivity index (χ0n) is 12.8. The van der Waals surface area contributed by atoms with Crippen LogP contribution in [0.25, 0.3) is 11.3 Å². The summed E-state index contributed by atoms with van der Waals surface area (Å²) in [5.74, 6) is -0.886. The minimum absolute atomic E-state index is 0.0125. The molecule has 122 valence electrons. The van der Waals surface area contributed by atoms with Gasteiger partial charge >= 0.3 is 5.97 Å². The van der Waals surface area contributed by atoms with Crippen molar-refractivity contribution in [1.29, 1.82) is 0 Å². The molecule has 1 atom stereocenters. The van der Waals surface area contributed by atoms with E-state index in [0.29, 0.717) is 34.0 Å². The molecule has 0 saturated heterocycles. The molecule has 0 saturated carbocycles. The highest BCUT2D eigenvalue weighted by Gasteiger charge is 2.24. The molecule has 1 heterocycles. The van der Waals surface area contributed by atoms with Gasteiger partial charge in [0.2, 0.25) is 0 Å². The molecule has 0 spiro atoms. The molecule has 1 aromatic carbocycles. The minimum atomic E-state index is -0.899. The van der Waals surface area contributed by atoms with Crippen molar-refractivity contribution in [2.45, 2.75) is 32.7 Å². The van der Waals surface area contributed by atoms with Crippen LogP contribution in [0.2, 0.25) is 5.02 Å². The fourth-order valence-electron chi connectivity index (χ4n) is 2.18. The lowest BCUT2D eigenvalue weighted by molar-refractivity contribution is -0.137. The number of hydrogen-bond acceptors (Lipinski definition) is 4. The Morgan fingerprint density at radius 1 is 1.39 bits per heavy atom. The smallest absolute Gasteiger partial charge is 0.303 e. The maximum Gasteiger partial charge on any atom is 0.303 e. The largest absolute Gasteiger partial charge is 0.481 e. The summed E-state index contributed by atoms with van der Waals surface area (Å²) in [6.07, 6.45) is 0.328. The average molecular weight is 337 g/mol. The molecule has 1 unspecified atom stereocenters. The van der Waals surface area contributed by atoms with Gasteiger partial charge in [-0.15, -0.1) is 0 Å². The van der Waals surface area contributed by atoms with Gasteiger partial charge in [0.25, 0.3) is 5.91 Å². The number of carboxylic acid groups (broad SMARTS) is 1. The van der Waals surface area contributed by atoms with Crippen LogP contribution in [0.15, 0.2) is 28.8 Å². The normalized spacial score (nSPS) is 12.0. The van der Waals surface area contributed by atoms with Crippen molar-refractivity contribution in [3.8, 4) is 11.3 Å². The number of carboxylic acids is 1. The zero-order chi connectivity index (χ0) is 17.0. The molecule has 1 aromatic heterocycles. The van der Waals surface area contributed by atoms with Crippen LogP contribution in [-0.4, -0.2) is 28.2 Å². The second-order valence-electron chi connectivity index (χ2n) is 5.25. The molecule has 23 heavy (non-hydrogen) atoms. The van der Waals surface area contributed by atoms with E-state index in [9.17, 15) is 9.59 Å². The monoisotopic (exact) mass is 336 g/mol. The van der Waals surface area contributed by atoms with Crippen molar-refractivity contribution in [3.63, 3.8) is 0 Å². The van der Waals surface area contributed by atoms with Crippen molar-refractivity contribution >= 4 is 23.5 Å². The van der Waals surface area contributed by atoms with Crippen molar-refractivity contribution in [3.05, 3.63) is 40.6 Å². The maximum absolute atomic E-state index is 12.5. The Morgan fingerprint density at radius 2 is 2.09 bits per heavy atom. The SMILES string of the molecule is Cc1onc(-c2ccccc2Cl)c1C(=O)NC(C)CCC(=O)O. The summed E-state index contributed by atoms with van der Waals surface area (Å²) in [5, 5.41) is 15.9. The summed E-state index contributed by atoms with van der Waals surface area (Å²) >= 11 is 6.16. The highest BCUT2D eigenvalue weighted by molar-refractivity contribution is 6.33. The minimum Gasteiger partial charge on any atom is -0.481 e. The highest BCUT2D eigenvalue weighted by Crippen LogP contribution is 2.30. The lowest BCUT2D eigenvalue weighted by Crippen LogP contribution is -2.33. The molecule has 2 rings (SSSR count). The topological polar surface area (TPSA) is 92.4 Å². The second-order valence-corrected chi connectivity index (χ2v) is 5.66. The number of benzene rings is 1.